The van der Waals surface area contributed by atoms with Crippen LogP contribution < -0.4 is 5.73 Å². The van der Waals surface area contributed by atoms with Gasteiger partial charge in [0.05, 0.1) is 0 Å². The fraction of sp³-hybridized carbons (Fsp3) is 0.611. The van der Waals surface area contributed by atoms with Gasteiger partial charge < -0.3 is 5.73 Å². The van der Waals surface area contributed by atoms with Crippen molar-refractivity contribution in [1.29, 1.82) is 0 Å². The van der Waals surface area contributed by atoms with E-state index in [2.05, 4.69) is 30.9 Å². The number of rotatable bonds is 7. The molecule has 21 heavy (non-hydrogen) atoms. The van der Waals surface area contributed by atoms with Gasteiger partial charge in [-0.1, -0.05) is 63.2 Å². The summed E-state index contributed by atoms with van der Waals surface area (Å²) in [6.45, 7) is 6.88. The third-order valence-corrected chi connectivity index (χ3v) is 4.69. The molecule has 2 nitrogen and oxygen atoms in total. The predicted molar refractivity (Wildman–Crippen MR) is 94.5 cm³/mol. The van der Waals surface area contributed by atoms with Gasteiger partial charge in [-0.25, -0.2) is 0 Å². The van der Waals surface area contributed by atoms with Gasteiger partial charge in [-0.3, -0.25) is 4.90 Å². The molecule has 2 rings (SSSR count). The lowest BCUT2D eigenvalue weighted by Crippen LogP contribution is -2.34. The first-order chi connectivity index (χ1) is 10.1. The van der Waals surface area contributed by atoms with Crippen molar-refractivity contribution in [1.82, 2.24) is 4.90 Å². The number of hydrogen-bond donors (Lipinski definition) is 1. The highest BCUT2D eigenvalue weighted by Gasteiger charge is 2.22. The Hall–Kier alpha value is -0.930. The normalized spacial score (nSPS) is 16.0. The minimum Gasteiger partial charge on any atom is -0.389 e. The second-order valence-electron chi connectivity index (χ2n) is 6.65. The van der Waals surface area contributed by atoms with Crippen LogP contribution in [0.3, 0.4) is 0 Å². The van der Waals surface area contributed by atoms with Gasteiger partial charge in [0, 0.05) is 18.2 Å². The fourth-order valence-corrected chi connectivity index (χ4v) is 3.23. The molecule has 116 valence electrons. The Labute approximate surface area is 134 Å². The molecule has 0 heterocycles. The molecule has 0 unspecified atom stereocenters. The van der Waals surface area contributed by atoms with Crippen molar-refractivity contribution in [3.63, 3.8) is 0 Å². The average Bonchev–Trinajstić information content (AvgIpc) is 2.97. The highest BCUT2D eigenvalue weighted by molar-refractivity contribution is 7.80. The molecule has 1 aliphatic carbocycles. The van der Waals surface area contributed by atoms with E-state index in [-0.39, 0.29) is 0 Å². The molecule has 0 spiro atoms. The van der Waals surface area contributed by atoms with Gasteiger partial charge in [0.15, 0.2) is 0 Å². The Balaban J connectivity index is 2.00. The quantitative estimate of drug-likeness (QED) is 0.769. The summed E-state index contributed by atoms with van der Waals surface area (Å²) >= 11 is 5.02. The first-order valence-electron chi connectivity index (χ1n) is 8.19. The van der Waals surface area contributed by atoms with Crippen LogP contribution in [-0.4, -0.2) is 22.5 Å². The summed E-state index contributed by atoms with van der Waals surface area (Å²) in [5.41, 5.74) is 7.99. The molecule has 0 saturated heterocycles. The summed E-state index contributed by atoms with van der Waals surface area (Å²) in [6.07, 6.45) is 6.79. The smallest absolute Gasteiger partial charge is 0.103 e. The fourth-order valence-electron chi connectivity index (χ4n) is 3.09. The summed E-state index contributed by atoms with van der Waals surface area (Å²) in [7, 11) is 0. The summed E-state index contributed by atoms with van der Waals surface area (Å²) in [4.78, 5) is 3.16. The minimum absolute atomic E-state index is 0.481. The highest BCUT2D eigenvalue weighted by atomic mass is 32.1. The maximum atomic E-state index is 5.67. The molecular weight excluding hydrogens is 276 g/mol. The van der Waals surface area contributed by atoms with Crippen molar-refractivity contribution >= 4 is 17.2 Å². The number of thiocarbonyl (C=S) groups is 1. The summed E-state index contributed by atoms with van der Waals surface area (Å²) in [6, 6.07) is 9.22. The molecule has 1 aromatic carbocycles. The molecule has 0 aromatic heterocycles. The van der Waals surface area contributed by atoms with E-state index in [1.165, 1.54) is 44.2 Å². The minimum atomic E-state index is 0.481. The molecule has 0 radical (unpaired) electrons. The van der Waals surface area contributed by atoms with Crippen LogP contribution in [0.2, 0.25) is 0 Å². The van der Waals surface area contributed by atoms with Gasteiger partial charge in [-0.05, 0) is 37.3 Å². The zero-order chi connectivity index (χ0) is 15.2. The second kappa shape index (κ2) is 7.90. The SMILES string of the molecule is CC(C)CCN(Cc1ccc(C(N)=S)cc1)C1CCCC1. The number of hydrogen-bond acceptors (Lipinski definition) is 2. The van der Waals surface area contributed by atoms with Crippen LogP contribution in [-0.2, 0) is 6.54 Å². The van der Waals surface area contributed by atoms with Crippen LogP contribution in [0.5, 0.6) is 0 Å². The number of nitrogens with zero attached hydrogens (tertiary/aromatic N) is 1. The largest absolute Gasteiger partial charge is 0.389 e. The topological polar surface area (TPSA) is 29.3 Å². The Kier molecular flexibility index (Phi) is 6.19. The lowest BCUT2D eigenvalue weighted by molar-refractivity contribution is 0.179. The molecule has 1 fully saturated rings. The Morgan fingerprint density at radius 1 is 1.24 bits per heavy atom. The third-order valence-electron chi connectivity index (χ3n) is 4.46. The monoisotopic (exact) mass is 304 g/mol. The van der Waals surface area contributed by atoms with Crippen molar-refractivity contribution < 1.29 is 0 Å². The summed E-state index contributed by atoms with van der Waals surface area (Å²) in [5.74, 6) is 0.769. The van der Waals surface area contributed by atoms with Crippen LogP contribution in [0, 0.1) is 5.92 Å². The molecule has 2 N–H and O–H groups in total. The molecule has 0 bridgehead atoms. The van der Waals surface area contributed by atoms with E-state index in [0.29, 0.717) is 4.99 Å². The van der Waals surface area contributed by atoms with Crippen molar-refractivity contribution in [3.8, 4) is 0 Å². The maximum absolute atomic E-state index is 5.67. The Bertz CT molecular complexity index is 447. The first-order valence-corrected chi connectivity index (χ1v) is 8.60. The van der Waals surface area contributed by atoms with Crippen LogP contribution >= 0.6 is 12.2 Å². The standard InChI is InChI=1S/C18H28N2S/c1-14(2)11-12-20(17-5-3-4-6-17)13-15-7-9-16(10-8-15)18(19)21/h7-10,14,17H,3-6,11-13H2,1-2H3,(H2,19,21). The summed E-state index contributed by atoms with van der Waals surface area (Å²) < 4.78 is 0. The van der Waals surface area contributed by atoms with E-state index < -0.39 is 0 Å². The van der Waals surface area contributed by atoms with E-state index in [0.717, 1.165) is 24.1 Å². The molecule has 1 saturated carbocycles. The number of benzene rings is 1. The molecular formula is C18H28N2S. The van der Waals surface area contributed by atoms with Crippen molar-refractivity contribution in [2.45, 2.75) is 58.5 Å². The number of nitrogens with two attached hydrogens (primary N) is 1. The highest BCUT2D eigenvalue weighted by Crippen LogP contribution is 2.25. The lowest BCUT2D eigenvalue weighted by atomic mass is 10.1. The van der Waals surface area contributed by atoms with Gasteiger partial charge in [0.1, 0.15) is 4.99 Å². The van der Waals surface area contributed by atoms with Gasteiger partial charge in [0.2, 0.25) is 0 Å². The van der Waals surface area contributed by atoms with E-state index in [4.69, 9.17) is 18.0 Å². The van der Waals surface area contributed by atoms with Crippen LogP contribution in [0.25, 0.3) is 0 Å². The zero-order valence-corrected chi connectivity index (χ0v) is 14.2. The van der Waals surface area contributed by atoms with E-state index in [1.807, 2.05) is 12.1 Å². The average molecular weight is 305 g/mol. The van der Waals surface area contributed by atoms with Gasteiger partial charge in [-0.15, -0.1) is 0 Å². The molecule has 1 aromatic rings. The molecule has 1 aliphatic rings. The van der Waals surface area contributed by atoms with E-state index in [1.54, 1.807) is 0 Å². The second-order valence-corrected chi connectivity index (χ2v) is 7.09. The van der Waals surface area contributed by atoms with Crippen molar-refractivity contribution in [2.75, 3.05) is 6.54 Å². The van der Waals surface area contributed by atoms with Gasteiger partial charge in [-0.2, -0.15) is 0 Å². The Morgan fingerprint density at radius 2 is 1.86 bits per heavy atom. The van der Waals surface area contributed by atoms with Gasteiger partial charge >= 0.3 is 0 Å². The summed E-state index contributed by atoms with van der Waals surface area (Å²) in [5, 5.41) is 0. The van der Waals surface area contributed by atoms with Crippen LogP contribution in [0.1, 0.15) is 57.1 Å². The van der Waals surface area contributed by atoms with Crippen molar-refractivity contribution in [3.05, 3.63) is 35.4 Å². The molecule has 3 heteroatoms. The zero-order valence-electron chi connectivity index (χ0n) is 13.3. The van der Waals surface area contributed by atoms with Crippen LogP contribution in [0.4, 0.5) is 0 Å². The maximum Gasteiger partial charge on any atom is 0.103 e. The van der Waals surface area contributed by atoms with E-state index >= 15 is 0 Å². The molecule has 0 aliphatic heterocycles. The van der Waals surface area contributed by atoms with E-state index in [9.17, 15) is 0 Å². The first kappa shape index (κ1) is 16.4. The lowest BCUT2D eigenvalue weighted by Gasteiger charge is -2.29. The van der Waals surface area contributed by atoms with Gasteiger partial charge in [0.25, 0.3) is 0 Å². The predicted octanol–water partition coefficient (Wildman–Crippen LogP) is 4.11. The van der Waals surface area contributed by atoms with Crippen LogP contribution in [0.15, 0.2) is 24.3 Å². The molecule has 0 amide bonds. The Morgan fingerprint density at radius 3 is 2.38 bits per heavy atom. The third kappa shape index (κ3) is 5.08. The van der Waals surface area contributed by atoms with Crippen molar-refractivity contribution in [2.24, 2.45) is 11.7 Å². The molecule has 0 atom stereocenters.